The van der Waals surface area contributed by atoms with E-state index in [1.165, 1.54) is 5.01 Å². The Bertz CT molecular complexity index is 816. The second-order valence-corrected chi connectivity index (χ2v) is 8.34. The molecule has 2 aliphatic heterocycles. The van der Waals surface area contributed by atoms with Crippen LogP contribution in [-0.4, -0.2) is 48.5 Å². The first-order valence-electron chi connectivity index (χ1n) is 7.83. The number of carbonyl (C=O) groups excluding carboxylic acids is 2. The average molecular weight is 349 g/mol. The van der Waals surface area contributed by atoms with Gasteiger partial charge in [-0.1, -0.05) is 18.2 Å². The predicted octanol–water partition coefficient (Wildman–Crippen LogP) is 1.10. The van der Waals surface area contributed by atoms with Crippen molar-refractivity contribution < 1.29 is 18.0 Å². The lowest BCUT2D eigenvalue weighted by Gasteiger charge is -2.27. The minimum Gasteiger partial charge on any atom is -0.321 e. The molecule has 7 nitrogen and oxygen atoms in total. The zero-order valence-corrected chi connectivity index (χ0v) is 14.2. The Morgan fingerprint density at radius 1 is 1.29 bits per heavy atom. The van der Waals surface area contributed by atoms with Gasteiger partial charge in [0.2, 0.25) is 5.91 Å². The topological polar surface area (TPSA) is 95.9 Å². The number of amides is 2. The van der Waals surface area contributed by atoms with Crippen LogP contribution in [0.3, 0.4) is 0 Å². The molecule has 0 saturated carbocycles. The van der Waals surface area contributed by atoms with Crippen LogP contribution < -0.4 is 5.32 Å². The summed E-state index contributed by atoms with van der Waals surface area (Å²) in [7, 11) is -3.12. The van der Waals surface area contributed by atoms with Gasteiger partial charge in [0.25, 0.3) is 5.91 Å². The number of carbonyl (C=O) groups is 2. The summed E-state index contributed by atoms with van der Waals surface area (Å²) in [5.41, 5.74) is 1.87. The lowest BCUT2D eigenvalue weighted by atomic mass is 10.1. The van der Waals surface area contributed by atoms with E-state index in [1.54, 1.807) is 6.07 Å². The van der Waals surface area contributed by atoms with Crippen LogP contribution in [0.1, 0.15) is 24.8 Å². The second kappa shape index (κ2) is 6.35. The molecule has 128 valence electrons. The van der Waals surface area contributed by atoms with Gasteiger partial charge in [-0.25, -0.2) is 13.4 Å². The smallest absolute Gasteiger partial charge is 0.271 e. The summed E-state index contributed by atoms with van der Waals surface area (Å²) in [4.78, 5) is 24.5. The first-order chi connectivity index (χ1) is 11.4. The number of aryl methyl sites for hydroxylation is 1. The number of para-hydroxylation sites is 1. The van der Waals surface area contributed by atoms with Gasteiger partial charge in [-0.05, 0) is 25.0 Å². The summed E-state index contributed by atoms with van der Waals surface area (Å²) in [5, 5.41) is 8.15. The van der Waals surface area contributed by atoms with Crippen molar-refractivity contribution in [2.24, 2.45) is 5.10 Å². The van der Waals surface area contributed by atoms with Gasteiger partial charge in [0.15, 0.2) is 9.84 Å². The molecule has 0 unspecified atom stereocenters. The van der Waals surface area contributed by atoms with E-state index in [9.17, 15) is 18.0 Å². The third-order valence-corrected chi connectivity index (χ3v) is 6.02. The SMILES string of the molecule is Cc1ccccc1NC(=O)C1=NN([C@H]2CCS(=O)(=O)C2)C(=O)CC1. The van der Waals surface area contributed by atoms with E-state index in [4.69, 9.17) is 0 Å². The monoisotopic (exact) mass is 349 g/mol. The molecule has 1 saturated heterocycles. The van der Waals surface area contributed by atoms with Crippen molar-refractivity contribution in [1.29, 1.82) is 0 Å². The van der Waals surface area contributed by atoms with Crippen LogP contribution in [0.2, 0.25) is 0 Å². The Kier molecular flexibility index (Phi) is 4.40. The normalized spacial score (nSPS) is 23.0. The third-order valence-electron chi connectivity index (χ3n) is 4.27. The highest BCUT2D eigenvalue weighted by Gasteiger charge is 2.37. The molecule has 2 amide bonds. The summed E-state index contributed by atoms with van der Waals surface area (Å²) in [6.45, 7) is 1.89. The van der Waals surface area contributed by atoms with Gasteiger partial charge in [-0.2, -0.15) is 5.10 Å². The van der Waals surface area contributed by atoms with Crippen molar-refractivity contribution in [3.8, 4) is 0 Å². The molecule has 0 aliphatic carbocycles. The summed E-state index contributed by atoms with van der Waals surface area (Å²) >= 11 is 0. The molecule has 2 aliphatic rings. The molecule has 1 aromatic rings. The Balaban J connectivity index is 1.78. The van der Waals surface area contributed by atoms with Crippen molar-refractivity contribution in [2.75, 3.05) is 16.8 Å². The predicted molar refractivity (Wildman–Crippen MR) is 90.4 cm³/mol. The lowest BCUT2D eigenvalue weighted by Crippen LogP contribution is -2.42. The first kappa shape index (κ1) is 16.6. The standard InChI is InChI=1S/C16H19N3O4S/c1-11-4-2-3-5-13(11)17-16(21)14-6-7-15(20)19(18-14)12-8-9-24(22,23)10-12/h2-5,12H,6-10H2,1H3,(H,17,21)/t12-/m0/s1. The lowest BCUT2D eigenvalue weighted by molar-refractivity contribution is -0.133. The number of rotatable bonds is 3. The van der Waals surface area contributed by atoms with E-state index in [-0.39, 0.29) is 41.9 Å². The van der Waals surface area contributed by atoms with Crippen molar-refractivity contribution in [3.63, 3.8) is 0 Å². The molecule has 1 aromatic carbocycles. The molecular weight excluding hydrogens is 330 g/mol. The highest BCUT2D eigenvalue weighted by Crippen LogP contribution is 2.22. The third kappa shape index (κ3) is 3.48. The number of nitrogens with zero attached hydrogens (tertiary/aromatic N) is 2. The van der Waals surface area contributed by atoms with Gasteiger partial charge in [-0.3, -0.25) is 9.59 Å². The number of hydrogen-bond acceptors (Lipinski definition) is 5. The first-order valence-corrected chi connectivity index (χ1v) is 9.65. The molecule has 24 heavy (non-hydrogen) atoms. The van der Waals surface area contributed by atoms with Crippen LogP contribution in [0.25, 0.3) is 0 Å². The maximum atomic E-state index is 12.4. The summed E-state index contributed by atoms with van der Waals surface area (Å²) in [5.74, 6) is -0.622. The Hall–Kier alpha value is -2.22. The largest absolute Gasteiger partial charge is 0.321 e. The maximum absolute atomic E-state index is 12.4. The number of anilines is 1. The van der Waals surface area contributed by atoms with Gasteiger partial charge >= 0.3 is 0 Å². The Labute approximate surface area is 140 Å². The fourth-order valence-corrected chi connectivity index (χ4v) is 4.59. The van der Waals surface area contributed by atoms with E-state index in [0.29, 0.717) is 12.1 Å². The Morgan fingerprint density at radius 2 is 2.04 bits per heavy atom. The highest BCUT2D eigenvalue weighted by atomic mass is 32.2. The second-order valence-electron chi connectivity index (χ2n) is 6.11. The molecule has 0 spiro atoms. The van der Waals surface area contributed by atoms with E-state index in [0.717, 1.165) is 5.56 Å². The van der Waals surface area contributed by atoms with Gasteiger partial charge in [0.1, 0.15) is 5.71 Å². The van der Waals surface area contributed by atoms with E-state index >= 15 is 0 Å². The molecule has 2 heterocycles. The quantitative estimate of drug-likeness (QED) is 0.884. The number of benzene rings is 1. The van der Waals surface area contributed by atoms with Crippen LogP contribution in [0, 0.1) is 6.92 Å². The van der Waals surface area contributed by atoms with Gasteiger partial charge < -0.3 is 5.32 Å². The number of hydrazone groups is 1. The molecule has 0 bridgehead atoms. The van der Waals surface area contributed by atoms with Gasteiger partial charge in [0, 0.05) is 18.5 Å². The fraction of sp³-hybridized carbons (Fsp3) is 0.438. The van der Waals surface area contributed by atoms with E-state index in [1.807, 2.05) is 25.1 Å². The van der Waals surface area contributed by atoms with Crippen LogP contribution >= 0.6 is 0 Å². The molecule has 8 heteroatoms. The minimum absolute atomic E-state index is 0.0572. The molecular formula is C16H19N3O4S. The van der Waals surface area contributed by atoms with Crippen LogP contribution in [-0.2, 0) is 19.4 Å². The molecule has 1 fully saturated rings. The summed E-state index contributed by atoms with van der Waals surface area (Å²) in [6.07, 6.45) is 0.785. The van der Waals surface area contributed by atoms with Crippen LogP contribution in [0.5, 0.6) is 0 Å². The summed E-state index contributed by atoms with van der Waals surface area (Å²) < 4.78 is 23.2. The zero-order chi connectivity index (χ0) is 17.3. The molecule has 3 rings (SSSR count). The van der Waals surface area contributed by atoms with Crippen molar-refractivity contribution in [3.05, 3.63) is 29.8 Å². The zero-order valence-electron chi connectivity index (χ0n) is 13.4. The average Bonchev–Trinajstić information content (AvgIpc) is 2.90. The maximum Gasteiger partial charge on any atom is 0.271 e. The molecule has 1 atom stereocenters. The summed E-state index contributed by atoms with van der Waals surface area (Å²) in [6, 6.07) is 6.92. The highest BCUT2D eigenvalue weighted by molar-refractivity contribution is 7.91. The number of hydrogen-bond donors (Lipinski definition) is 1. The van der Waals surface area contributed by atoms with Crippen molar-refractivity contribution in [2.45, 2.75) is 32.2 Å². The van der Waals surface area contributed by atoms with Crippen molar-refractivity contribution >= 4 is 33.1 Å². The Morgan fingerprint density at radius 3 is 2.71 bits per heavy atom. The number of nitrogens with one attached hydrogen (secondary N) is 1. The number of sulfone groups is 1. The molecule has 1 N–H and O–H groups in total. The van der Waals surface area contributed by atoms with Crippen LogP contribution in [0.15, 0.2) is 29.4 Å². The molecule has 0 radical (unpaired) electrons. The van der Waals surface area contributed by atoms with Gasteiger partial charge in [-0.15, -0.1) is 0 Å². The molecule has 0 aromatic heterocycles. The van der Waals surface area contributed by atoms with Gasteiger partial charge in [0.05, 0.1) is 17.5 Å². The van der Waals surface area contributed by atoms with Crippen molar-refractivity contribution in [1.82, 2.24) is 5.01 Å². The van der Waals surface area contributed by atoms with E-state index in [2.05, 4.69) is 10.4 Å². The van der Waals surface area contributed by atoms with E-state index < -0.39 is 15.9 Å². The van der Waals surface area contributed by atoms with Crippen LogP contribution in [0.4, 0.5) is 5.69 Å². The minimum atomic E-state index is -3.12. The fourth-order valence-electron chi connectivity index (χ4n) is 2.90.